The largest absolute Gasteiger partial charge is 0.311 e. The summed E-state index contributed by atoms with van der Waals surface area (Å²) >= 11 is 0. The van der Waals surface area contributed by atoms with Gasteiger partial charge in [-0.1, -0.05) is 30.3 Å². The Bertz CT molecular complexity index is 582. The van der Waals surface area contributed by atoms with Gasteiger partial charge in [-0.2, -0.15) is 0 Å². The van der Waals surface area contributed by atoms with Gasteiger partial charge in [-0.05, 0) is 13.0 Å². The van der Waals surface area contributed by atoms with Crippen LogP contribution in [0.1, 0.15) is 24.6 Å². The molecule has 0 bridgehead atoms. The molecule has 2 aromatic rings. The molecule has 0 saturated carbocycles. The number of rotatable bonds is 7. The molecule has 20 heavy (non-hydrogen) atoms. The van der Waals surface area contributed by atoms with Gasteiger partial charge in [0.15, 0.2) is 0 Å². The standard InChI is InChI=1S/C13H17N5O2/c1-2-7-14-8-12-10-17(16-15-12)9-11-5-3-4-6-13(11)18(19)20/h3-6,10,14H,2,7-9H2,1H3. The Hall–Kier alpha value is -2.28. The third kappa shape index (κ3) is 3.61. The fourth-order valence-electron chi connectivity index (χ4n) is 1.89. The smallest absolute Gasteiger partial charge is 0.274 e. The molecule has 0 spiro atoms. The minimum atomic E-state index is -0.379. The highest BCUT2D eigenvalue weighted by atomic mass is 16.6. The zero-order valence-corrected chi connectivity index (χ0v) is 11.3. The van der Waals surface area contributed by atoms with E-state index in [1.165, 1.54) is 6.07 Å². The summed E-state index contributed by atoms with van der Waals surface area (Å²) < 4.78 is 1.62. The van der Waals surface area contributed by atoms with Gasteiger partial charge in [-0.3, -0.25) is 10.1 Å². The van der Waals surface area contributed by atoms with Gasteiger partial charge in [0, 0.05) is 12.6 Å². The molecule has 0 radical (unpaired) electrons. The summed E-state index contributed by atoms with van der Waals surface area (Å²) in [5.41, 5.74) is 1.56. The van der Waals surface area contributed by atoms with Crippen LogP contribution in [0.5, 0.6) is 0 Å². The molecule has 0 atom stereocenters. The van der Waals surface area contributed by atoms with Crippen molar-refractivity contribution in [3.8, 4) is 0 Å². The van der Waals surface area contributed by atoms with Crippen molar-refractivity contribution in [3.63, 3.8) is 0 Å². The van der Waals surface area contributed by atoms with Gasteiger partial charge in [-0.25, -0.2) is 4.68 Å². The molecule has 1 aromatic carbocycles. The minimum Gasteiger partial charge on any atom is -0.311 e. The molecule has 1 heterocycles. The van der Waals surface area contributed by atoms with Crippen LogP contribution in [0.3, 0.4) is 0 Å². The van der Waals surface area contributed by atoms with E-state index in [1.807, 2.05) is 0 Å². The lowest BCUT2D eigenvalue weighted by Crippen LogP contribution is -2.13. The van der Waals surface area contributed by atoms with E-state index < -0.39 is 0 Å². The molecular weight excluding hydrogens is 258 g/mol. The molecule has 0 aliphatic heterocycles. The first-order valence-corrected chi connectivity index (χ1v) is 6.52. The predicted molar refractivity (Wildman–Crippen MR) is 74.2 cm³/mol. The van der Waals surface area contributed by atoms with E-state index in [-0.39, 0.29) is 10.6 Å². The second kappa shape index (κ2) is 6.76. The second-order valence-corrected chi connectivity index (χ2v) is 4.47. The Labute approximate surface area is 116 Å². The Morgan fingerprint density at radius 3 is 2.95 bits per heavy atom. The first kappa shape index (κ1) is 14.1. The maximum absolute atomic E-state index is 10.9. The van der Waals surface area contributed by atoms with Gasteiger partial charge in [0.25, 0.3) is 5.69 Å². The van der Waals surface area contributed by atoms with Crippen LogP contribution in [0.15, 0.2) is 30.5 Å². The van der Waals surface area contributed by atoms with Crippen LogP contribution in [0.25, 0.3) is 0 Å². The van der Waals surface area contributed by atoms with Gasteiger partial charge in [0.05, 0.1) is 28.9 Å². The van der Waals surface area contributed by atoms with Crippen LogP contribution in [-0.2, 0) is 13.1 Å². The molecule has 0 unspecified atom stereocenters. The van der Waals surface area contributed by atoms with Crippen LogP contribution in [0, 0.1) is 10.1 Å². The van der Waals surface area contributed by atoms with Gasteiger partial charge in [0.2, 0.25) is 0 Å². The molecule has 0 fully saturated rings. The number of hydrogen-bond acceptors (Lipinski definition) is 5. The van der Waals surface area contributed by atoms with Crippen LogP contribution in [0.4, 0.5) is 5.69 Å². The van der Waals surface area contributed by atoms with Crippen LogP contribution in [0.2, 0.25) is 0 Å². The highest BCUT2D eigenvalue weighted by Gasteiger charge is 2.13. The first-order chi connectivity index (χ1) is 9.70. The summed E-state index contributed by atoms with van der Waals surface area (Å²) in [5, 5.41) is 22.2. The van der Waals surface area contributed by atoms with Crippen molar-refractivity contribution in [3.05, 3.63) is 51.8 Å². The maximum Gasteiger partial charge on any atom is 0.274 e. The number of benzene rings is 1. The van der Waals surface area contributed by atoms with Crippen molar-refractivity contribution in [1.82, 2.24) is 20.3 Å². The van der Waals surface area contributed by atoms with Crippen molar-refractivity contribution in [1.29, 1.82) is 0 Å². The Morgan fingerprint density at radius 2 is 2.20 bits per heavy atom. The van der Waals surface area contributed by atoms with Crippen LogP contribution < -0.4 is 5.32 Å². The van der Waals surface area contributed by atoms with Crippen LogP contribution >= 0.6 is 0 Å². The fourth-order valence-corrected chi connectivity index (χ4v) is 1.89. The Morgan fingerprint density at radius 1 is 1.40 bits per heavy atom. The lowest BCUT2D eigenvalue weighted by Gasteiger charge is -2.02. The van der Waals surface area contributed by atoms with Crippen LogP contribution in [-0.4, -0.2) is 26.5 Å². The number of hydrogen-bond donors (Lipinski definition) is 1. The molecule has 1 N–H and O–H groups in total. The molecule has 0 aliphatic rings. The van der Waals surface area contributed by atoms with Crippen molar-refractivity contribution >= 4 is 5.69 Å². The van der Waals surface area contributed by atoms with E-state index in [9.17, 15) is 10.1 Å². The lowest BCUT2D eigenvalue weighted by atomic mass is 10.2. The van der Waals surface area contributed by atoms with E-state index in [0.29, 0.717) is 18.7 Å². The molecule has 2 rings (SSSR count). The highest BCUT2D eigenvalue weighted by molar-refractivity contribution is 5.39. The number of nitrogens with one attached hydrogen (secondary N) is 1. The summed E-state index contributed by atoms with van der Waals surface area (Å²) in [6.07, 6.45) is 2.86. The highest BCUT2D eigenvalue weighted by Crippen LogP contribution is 2.18. The fraction of sp³-hybridized carbons (Fsp3) is 0.385. The Balaban J connectivity index is 2.05. The van der Waals surface area contributed by atoms with Crippen molar-refractivity contribution in [2.75, 3.05) is 6.54 Å². The summed E-state index contributed by atoms with van der Waals surface area (Å²) in [6.45, 7) is 4.03. The average molecular weight is 275 g/mol. The SMILES string of the molecule is CCCNCc1cn(Cc2ccccc2[N+](=O)[O-])nn1. The number of nitro benzene ring substituents is 1. The van der Waals surface area contributed by atoms with Crippen molar-refractivity contribution in [2.45, 2.75) is 26.4 Å². The lowest BCUT2D eigenvalue weighted by molar-refractivity contribution is -0.385. The van der Waals surface area contributed by atoms with Gasteiger partial charge >= 0.3 is 0 Å². The van der Waals surface area contributed by atoms with Gasteiger partial charge in [-0.15, -0.1) is 5.10 Å². The number of para-hydroxylation sites is 1. The third-order valence-corrected chi connectivity index (χ3v) is 2.84. The maximum atomic E-state index is 10.9. The molecular formula is C13H17N5O2. The number of nitro groups is 1. The van der Waals surface area contributed by atoms with E-state index in [1.54, 1.807) is 29.1 Å². The summed E-state index contributed by atoms with van der Waals surface area (Å²) in [4.78, 5) is 10.6. The van der Waals surface area contributed by atoms with Crippen molar-refractivity contribution in [2.24, 2.45) is 0 Å². The predicted octanol–water partition coefficient (Wildman–Crippen LogP) is 1.73. The third-order valence-electron chi connectivity index (χ3n) is 2.84. The van der Waals surface area contributed by atoms with E-state index in [2.05, 4.69) is 22.6 Å². The normalized spacial score (nSPS) is 10.7. The molecule has 0 saturated heterocycles. The number of nitrogens with zero attached hydrogens (tertiary/aromatic N) is 4. The zero-order valence-electron chi connectivity index (χ0n) is 11.3. The molecule has 0 aliphatic carbocycles. The quantitative estimate of drug-likeness (QED) is 0.472. The zero-order chi connectivity index (χ0) is 14.4. The van der Waals surface area contributed by atoms with E-state index in [0.717, 1.165) is 18.7 Å². The van der Waals surface area contributed by atoms with Gasteiger partial charge in [0.1, 0.15) is 0 Å². The molecule has 0 amide bonds. The van der Waals surface area contributed by atoms with E-state index >= 15 is 0 Å². The monoisotopic (exact) mass is 275 g/mol. The Kier molecular flexibility index (Phi) is 4.78. The number of aromatic nitrogens is 3. The molecule has 1 aromatic heterocycles. The summed E-state index contributed by atoms with van der Waals surface area (Å²) in [6, 6.07) is 6.66. The van der Waals surface area contributed by atoms with Gasteiger partial charge < -0.3 is 5.32 Å². The van der Waals surface area contributed by atoms with Crippen molar-refractivity contribution < 1.29 is 4.92 Å². The first-order valence-electron chi connectivity index (χ1n) is 6.52. The molecule has 7 nitrogen and oxygen atoms in total. The summed E-state index contributed by atoms with van der Waals surface area (Å²) in [5.74, 6) is 0. The average Bonchev–Trinajstić information content (AvgIpc) is 2.87. The minimum absolute atomic E-state index is 0.105. The molecule has 7 heteroatoms. The van der Waals surface area contributed by atoms with E-state index in [4.69, 9.17) is 0 Å². The summed E-state index contributed by atoms with van der Waals surface area (Å²) in [7, 11) is 0. The molecule has 106 valence electrons. The second-order valence-electron chi connectivity index (χ2n) is 4.47. The topological polar surface area (TPSA) is 85.9 Å².